The van der Waals surface area contributed by atoms with Crippen LogP contribution in [0.15, 0.2) is 0 Å². The maximum atomic E-state index is 5.65. The first kappa shape index (κ1) is 12.8. The zero-order valence-electron chi connectivity index (χ0n) is 10.2. The lowest BCUT2D eigenvalue weighted by Gasteiger charge is -2.01. The summed E-state index contributed by atoms with van der Waals surface area (Å²) in [4.78, 5) is 0. The number of hydrogen-bond acceptors (Lipinski definition) is 4. The van der Waals surface area contributed by atoms with Crippen LogP contribution in [0, 0.1) is 0 Å². The fraction of sp³-hybridized carbons (Fsp3) is 0.818. The predicted octanol–water partition coefficient (Wildman–Crippen LogP) is 1.87. The number of nitrogens with two attached hydrogens (primary N) is 2. The Bertz CT molecular complexity index is 295. The molecule has 16 heavy (non-hydrogen) atoms. The first-order valence-electron chi connectivity index (χ1n) is 6.20. The normalized spacial score (nSPS) is 10.8. The second-order valence-electron chi connectivity index (χ2n) is 4.22. The SMILES string of the molecule is CCCCCCCCCc1nnc(N)n1N. The quantitative estimate of drug-likeness (QED) is 0.522. The minimum Gasteiger partial charge on any atom is -0.366 e. The summed E-state index contributed by atoms with van der Waals surface area (Å²) in [5.74, 6) is 6.72. The molecule has 0 spiro atoms. The summed E-state index contributed by atoms with van der Waals surface area (Å²) in [5.41, 5.74) is 5.49. The molecule has 0 unspecified atom stereocenters. The van der Waals surface area contributed by atoms with E-state index in [1.165, 1.54) is 43.2 Å². The van der Waals surface area contributed by atoms with E-state index in [0.717, 1.165) is 18.7 Å². The van der Waals surface area contributed by atoms with Crippen molar-refractivity contribution in [2.45, 2.75) is 58.3 Å². The van der Waals surface area contributed by atoms with Crippen molar-refractivity contribution in [3.63, 3.8) is 0 Å². The molecule has 5 nitrogen and oxygen atoms in total. The van der Waals surface area contributed by atoms with Crippen LogP contribution in [0.2, 0.25) is 0 Å². The number of aromatic nitrogens is 3. The van der Waals surface area contributed by atoms with Gasteiger partial charge in [-0.25, -0.2) is 4.68 Å². The highest BCUT2D eigenvalue weighted by atomic mass is 15.4. The summed E-state index contributed by atoms with van der Waals surface area (Å²) in [6.45, 7) is 2.23. The molecule has 1 rings (SSSR count). The third kappa shape index (κ3) is 4.08. The van der Waals surface area contributed by atoms with E-state index in [4.69, 9.17) is 11.6 Å². The molecule has 0 radical (unpaired) electrons. The van der Waals surface area contributed by atoms with Gasteiger partial charge in [0.1, 0.15) is 0 Å². The highest BCUT2D eigenvalue weighted by Gasteiger charge is 2.05. The molecule has 0 bridgehead atoms. The van der Waals surface area contributed by atoms with Gasteiger partial charge < -0.3 is 11.6 Å². The predicted molar refractivity (Wildman–Crippen MR) is 66.3 cm³/mol. The Morgan fingerprint density at radius 2 is 1.62 bits per heavy atom. The van der Waals surface area contributed by atoms with Gasteiger partial charge in [-0.1, -0.05) is 45.4 Å². The summed E-state index contributed by atoms with van der Waals surface area (Å²) >= 11 is 0. The smallest absolute Gasteiger partial charge is 0.240 e. The molecular formula is C11H23N5. The molecule has 4 N–H and O–H groups in total. The number of rotatable bonds is 8. The van der Waals surface area contributed by atoms with Crippen molar-refractivity contribution in [3.8, 4) is 0 Å². The number of nitrogen functional groups attached to an aromatic ring is 2. The van der Waals surface area contributed by atoms with Gasteiger partial charge in [-0.05, 0) is 6.42 Å². The maximum Gasteiger partial charge on any atom is 0.240 e. The van der Waals surface area contributed by atoms with Crippen LogP contribution in [0.5, 0.6) is 0 Å². The van der Waals surface area contributed by atoms with Gasteiger partial charge >= 0.3 is 0 Å². The highest BCUT2D eigenvalue weighted by Crippen LogP contribution is 2.09. The van der Waals surface area contributed by atoms with Crippen molar-refractivity contribution in [2.75, 3.05) is 11.6 Å². The minimum atomic E-state index is 0.290. The molecule has 0 aliphatic heterocycles. The van der Waals surface area contributed by atoms with E-state index in [0.29, 0.717) is 0 Å². The van der Waals surface area contributed by atoms with Crippen LogP contribution in [0.3, 0.4) is 0 Å². The molecule has 92 valence electrons. The lowest BCUT2D eigenvalue weighted by Crippen LogP contribution is -2.15. The van der Waals surface area contributed by atoms with Crippen molar-refractivity contribution in [1.82, 2.24) is 14.9 Å². The van der Waals surface area contributed by atoms with Gasteiger partial charge in [0, 0.05) is 6.42 Å². The Balaban J connectivity index is 2.05. The Kier molecular flexibility index (Phi) is 5.67. The molecular weight excluding hydrogens is 202 g/mol. The number of anilines is 1. The van der Waals surface area contributed by atoms with Gasteiger partial charge in [0.15, 0.2) is 5.82 Å². The molecule has 0 atom stereocenters. The standard InChI is InChI=1S/C11H23N5/c1-2-3-4-5-6-7-8-9-10-14-15-11(12)16(10)13/h2-9,13H2,1H3,(H2,12,15). The van der Waals surface area contributed by atoms with Crippen molar-refractivity contribution < 1.29 is 0 Å². The van der Waals surface area contributed by atoms with Gasteiger partial charge in [0.2, 0.25) is 5.95 Å². The maximum absolute atomic E-state index is 5.65. The Morgan fingerprint density at radius 1 is 1.00 bits per heavy atom. The zero-order valence-corrected chi connectivity index (χ0v) is 10.2. The number of hydrogen-bond donors (Lipinski definition) is 2. The molecule has 1 heterocycles. The van der Waals surface area contributed by atoms with E-state index < -0.39 is 0 Å². The average molecular weight is 225 g/mol. The van der Waals surface area contributed by atoms with E-state index in [2.05, 4.69) is 17.1 Å². The van der Waals surface area contributed by atoms with E-state index in [1.54, 1.807) is 0 Å². The molecule has 0 aliphatic rings. The van der Waals surface area contributed by atoms with E-state index >= 15 is 0 Å². The van der Waals surface area contributed by atoms with Crippen LogP contribution < -0.4 is 11.6 Å². The topological polar surface area (TPSA) is 82.8 Å². The summed E-state index contributed by atoms with van der Waals surface area (Å²) in [6, 6.07) is 0. The van der Waals surface area contributed by atoms with Gasteiger partial charge in [-0.2, -0.15) is 0 Å². The van der Waals surface area contributed by atoms with Crippen LogP contribution in [-0.4, -0.2) is 14.9 Å². The monoisotopic (exact) mass is 225 g/mol. The molecule has 0 saturated carbocycles. The number of nitrogens with zero attached hydrogens (tertiary/aromatic N) is 3. The molecule has 5 heteroatoms. The largest absolute Gasteiger partial charge is 0.366 e. The summed E-state index contributed by atoms with van der Waals surface area (Å²) in [5, 5.41) is 7.65. The number of unbranched alkanes of at least 4 members (excludes halogenated alkanes) is 6. The second kappa shape index (κ2) is 7.09. The average Bonchev–Trinajstić information content (AvgIpc) is 2.59. The summed E-state index contributed by atoms with van der Waals surface area (Å²) in [6.07, 6.45) is 9.87. The van der Waals surface area contributed by atoms with Crippen LogP contribution in [0.4, 0.5) is 5.95 Å². The van der Waals surface area contributed by atoms with Crippen LogP contribution in [0.1, 0.15) is 57.7 Å². The van der Waals surface area contributed by atoms with Gasteiger partial charge in [-0.3, -0.25) is 0 Å². The lowest BCUT2D eigenvalue weighted by atomic mass is 10.1. The highest BCUT2D eigenvalue weighted by molar-refractivity contribution is 5.16. The van der Waals surface area contributed by atoms with E-state index in [9.17, 15) is 0 Å². The van der Waals surface area contributed by atoms with Gasteiger partial charge in [0.05, 0.1) is 0 Å². The van der Waals surface area contributed by atoms with E-state index in [-0.39, 0.29) is 5.95 Å². The lowest BCUT2D eigenvalue weighted by molar-refractivity contribution is 0.581. The Hall–Kier alpha value is -1.26. The molecule has 0 amide bonds. The van der Waals surface area contributed by atoms with Gasteiger partial charge in [-0.15, -0.1) is 10.2 Å². The van der Waals surface area contributed by atoms with Crippen LogP contribution >= 0.6 is 0 Å². The summed E-state index contributed by atoms with van der Waals surface area (Å²) in [7, 11) is 0. The Labute approximate surface area is 97.2 Å². The third-order valence-electron chi connectivity index (χ3n) is 2.80. The molecule has 0 aliphatic carbocycles. The molecule has 1 aromatic rings. The first-order chi connectivity index (χ1) is 7.75. The second-order valence-corrected chi connectivity index (χ2v) is 4.22. The molecule has 1 aromatic heterocycles. The zero-order chi connectivity index (χ0) is 11.8. The minimum absolute atomic E-state index is 0.290. The fourth-order valence-electron chi connectivity index (χ4n) is 1.75. The van der Waals surface area contributed by atoms with Crippen LogP contribution in [-0.2, 0) is 6.42 Å². The molecule has 0 aromatic carbocycles. The molecule has 0 fully saturated rings. The van der Waals surface area contributed by atoms with Crippen molar-refractivity contribution in [3.05, 3.63) is 5.82 Å². The van der Waals surface area contributed by atoms with Crippen molar-refractivity contribution >= 4 is 5.95 Å². The van der Waals surface area contributed by atoms with Crippen molar-refractivity contribution in [1.29, 1.82) is 0 Å². The first-order valence-corrected chi connectivity index (χ1v) is 6.20. The Morgan fingerprint density at radius 3 is 2.19 bits per heavy atom. The van der Waals surface area contributed by atoms with Gasteiger partial charge in [0.25, 0.3) is 0 Å². The summed E-state index contributed by atoms with van der Waals surface area (Å²) < 4.78 is 1.37. The van der Waals surface area contributed by atoms with Crippen LogP contribution in [0.25, 0.3) is 0 Å². The molecule has 0 saturated heterocycles. The fourth-order valence-corrected chi connectivity index (χ4v) is 1.75. The van der Waals surface area contributed by atoms with Crippen molar-refractivity contribution in [2.24, 2.45) is 0 Å². The number of aryl methyl sites for hydroxylation is 1. The third-order valence-corrected chi connectivity index (χ3v) is 2.80. The van der Waals surface area contributed by atoms with E-state index in [1.807, 2.05) is 0 Å².